The third-order valence-corrected chi connectivity index (χ3v) is 4.75. The van der Waals surface area contributed by atoms with Gasteiger partial charge in [0.05, 0.1) is 18.2 Å². The molecular weight excluding hydrogens is 301 g/mol. The molecular formula is C16H22FN3O3. The second kappa shape index (κ2) is 6.70. The number of halogens is 1. The molecule has 126 valence electrons. The Hall–Kier alpha value is -1.89. The van der Waals surface area contributed by atoms with Crippen LogP contribution in [0.2, 0.25) is 0 Å². The third-order valence-electron chi connectivity index (χ3n) is 4.75. The second-order valence-corrected chi connectivity index (χ2v) is 6.16. The minimum atomic E-state index is -0.745. The number of anilines is 1. The van der Waals surface area contributed by atoms with Crippen LogP contribution in [-0.4, -0.2) is 48.9 Å². The predicted octanol–water partition coefficient (Wildman–Crippen LogP) is 2.96. The Morgan fingerprint density at radius 1 is 1.30 bits per heavy atom. The van der Waals surface area contributed by atoms with Crippen molar-refractivity contribution in [3.05, 3.63) is 28.3 Å². The molecule has 0 spiro atoms. The Morgan fingerprint density at radius 2 is 2.13 bits per heavy atom. The fraction of sp³-hybridized carbons (Fsp3) is 0.625. The zero-order chi connectivity index (χ0) is 16.4. The summed E-state index contributed by atoms with van der Waals surface area (Å²) < 4.78 is 18.7. The van der Waals surface area contributed by atoms with Gasteiger partial charge < -0.3 is 9.64 Å². The number of ether oxygens (including phenoxy) is 1. The molecule has 0 aromatic heterocycles. The SMILES string of the molecule is COc1cc(N2CCCCC2N2CC[C@H](F)C2)ccc1[N+](=O)[O-]. The maximum absolute atomic E-state index is 13.6. The van der Waals surface area contributed by atoms with Crippen LogP contribution < -0.4 is 9.64 Å². The lowest BCUT2D eigenvalue weighted by molar-refractivity contribution is -0.385. The molecule has 0 radical (unpaired) electrons. The summed E-state index contributed by atoms with van der Waals surface area (Å²) in [5.41, 5.74) is 0.870. The van der Waals surface area contributed by atoms with E-state index in [2.05, 4.69) is 9.80 Å². The molecule has 0 aliphatic carbocycles. The molecule has 1 aromatic rings. The number of methoxy groups -OCH3 is 1. The van der Waals surface area contributed by atoms with Crippen molar-refractivity contribution in [1.82, 2.24) is 4.90 Å². The zero-order valence-electron chi connectivity index (χ0n) is 13.3. The third kappa shape index (κ3) is 3.24. The average Bonchev–Trinajstić information content (AvgIpc) is 3.00. The topological polar surface area (TPSA) is 58.8 Å². The highest BCUT2D eigenvalue weighted by Gasteiger charge is 2.34. The monoisotopic (exact) mass is 323 g/mol. The van der Waals surface area contributed by atoms with E-state index in [-0.39, 0.29) is 17.6 Å². The summed E-state index contributed by atoms with van der Waals surface area (Å²) in [4.78, 5) is 15.0. The number of alkyl halides is 1. The Bertz CT molecular complexity index is 584. The van der Waals surface area contributed by atoms with Gasteiger partial charge in [-0.25, -0.2) is 4.39 Å². The van der Waals surface area contributed by atoms with Crippen LogP contribution in [0.15, 0.2) is 18.2 Å². The lowest BCUT2D eigenvalue weighted by Crippen LogP contribution is -2.50. The van der Waals surface area contributed by atoms with Crippen molar-refractivity contribution >= 4 is 11.4 Å². The standard InChI is InChI=1S/C16H22FN3O3/c1-23-15-10-13(5-6-14(15)20(21)22)19-8-3-2-4-16(19)18-9-7-12(17)11-18/h5-6,10,12,16H,2-4,7-9,11H2,1H3/t12-,16?/m0/s1. The van der Waals surface area contributed by atoms with Crippen LogP contribution in [0.4, 0.5) is 15.8 Å². The maximum atomic E-state index is 13.6. The fourth-order valence-electron chi connectivity index (χ4n) is 3.60. The average molecular weight is 323 g/mol. The van der Waals surface area contributed by atoms with Crippen LogP contribution in [0, 0.1) is 10.1 Å². The van der Waals surface area contributed by atoms with E-state index in [9.17, 15) is 14.5 Å². The molecule has 1 unspecified atom stereocenters. The quantitative estimate of drug-likeness (QED) is 0.630. The van der Waals surface area contributed by atoms with E-state index in [1.807, 2.05) is 0 Å². The van der Waals surface area contributed by atoms with Crippen molar-refractivity contribution in [2.45, 2.75) is 38.0 Å². The van der Waals surface area contributed by atoms with Gasteiger partial charge in [0.2, 0.25) is 0 Å². The van der Waals surface area contributed by atoms with E-state index >= 15 is 0 Å². The molecule has 2 heterocycles. The van der Waals surface area contributed by atoms with Crippen molar-refractivity contribution in [3.63, 3.8) is 0 Å². The van der Waals surface area contributed by atoms with Gasteiger partial charge in [-0.05, 0) is 31.7 Å². The zero-order valence-corrected chi connectivity index (χ0v) is 13.3. The first-order valence-corrected chi connectivity index (χ1v) is 8.07. The number of benzene rings is 1. The molecule has 2 saturated heterocycles. The maximum Gasteiger partial charge on any atom is 0.311 e. The molecule has 23 heavy (non-hydrogen) atoms. The van der Waals surface area contributed by atoms with E-state index in [4.69, 9.17) is 4.74 Å². The smallest absolute Gasteiger partial charge is 0.311 e. The van der Waals surface area contributed by atoms with Crippen LogP contribution in [-0.2, 0) is 0 Å². The Labute approximate surface area is 135 Å². The van der Waals surface area contributed by atoms with Gasteiger partial charge in [0.1, 0.15) is 6.17 Å². The van der Waals surface area contributed by atoms with Crippen molar-refractivity contribution in [3.8, 4) is 5.75 Å². The number of nitro groups is 1. The molecule has 2 aliphatic rings. The highest BCUT2D eigenvalue weighted by Crippen LogP contribution is 2.35. The van der Waals surface area contributed by atoms with Crippen LogP contribution in [0.1, 0.15) is 25.7 Å². The summed E-state index contributed by atoms with van der Waals surface area (Å²) in [5, 5.41) is 11.0. The van der Waals surface area contributed by atoms with Crippen LogP contribution in [0.3, 0.4) is 0 Å². The van der Waals surface area contributed by atoms with E-state index in [0.29, 0.717) is 13.0 Å². The second-order valence-electron chi connectivity index (χ2n) is 6.16. The van der Waals surface area contributed by atoms with Crippen molar-refractivity contribution in [2.24, 2.45) is 0 Å². The van der Waals surface area contributed by atoms with E-state index in [0.717, 1.165) is 38.0 Å². The van der Waals surface area contributed by atoms with Gasteiger partial charge in [-0.15, -0.1) is 0 Å². The molecule has 1 aromatic carbocycles. The Morgan fingerprint density at radius 3 is 2.78 bits per heavy atom. The predicted molar refractivity (Wildman–Crippen MR) is 85.7 cm³/mol. The Kier molecular flexibility index (Phi) is 4.66. The van der Waals surface area contributed by atoms with Crippen molar-refractivity contribution in [1.29, 1.82) is 0 Å². The summed E-state index contributed by atoms with van der Waals surface area (Å²) in [5.74, 6) is 0.265. The number of nitro benzene ring substituents is 1. The molecule has 0 saturated carbocycles. The number of rotatable bonds is 4. The van der Waals surface area contributed by atoms with Crippen LogP contribution in [0.5, 0.6) is 5.75 Å². The molecule has 2 fully saturated rings. The molecule has 7 heteroatoms. The van der Waals surface area contributed by atoms with Gasteiger partial charge in [-0.1, -0.05) is 0 Å². The first kappa shape index (κ1) is 16.0. The van der Waals surface area contributed by atoms with E-state index < -0.39 is 11.1 Å². The summed E-state index contributed by atoms with van der Waals surface area (Å²) in [7, 11) is 1.44. The molecule has 0 N–H and O–H groups in total. The van der Waals surface area contributed by atoms with Gasteiger partial charge in [0.15, 0.2) is 5.75 Å². The van der Waals surface area contributed by atoms with Gasteiger partial charge >= 0.3 is 5.69 Å². The lowest BCUT2D eigenvalue weighted by atomic mass is 10.1. The minimum absolute atomic E-state index is 0.0326. The summed E-state index contributed by atoms with van der Waals surface area (Å²) in [6.45, 7) is 2.12. The van der Waals surface area contributed by atoms with Crippen molar-refractivity contribution < 1.29 is 14.1 Å². The van der Waals surface area contributed by atoms with Gasteiger partial charge in [-0.3, -0.25) is 15.0 Å². The fourth-order valence-corrected chi connectivity index (χ4v) is 3.60. The number of likely N-dealkylation sites (tertiary alicyclic amines) is 1. The summed E-state index contributed by atoms with van der Waals surface area (Å²) >= 11 is 0. The highest BCUT2D eigenvalue weighted by molar-refractivity contribution is 5.59. The summed E-state index contributed by atoms with van der Waals surface area (Å²) in [6, 6.07) is 4.98. The van der Waals surface area contributed by atoms with Crippen LogP contribution in [0.25, 0.3) is 0 Å². The van der Waals surface area contributed by atoms with Gasteiger partial charge in [-0.2, -0.15) is 0 Å². The molecule has 0 bridgehead atoms. The largest absolute Gasteiger partial charge is 0.490 e. The Balaban J connectivity index is 1.87. The lowest BCUT2D eigenvalue weighted by Gasteiger charge is -2.42. The normalized spacial score (nSPS) is 25.6. The molecule has 2 atom stereocenters. The van der Waals surface area contributed by atoms with E-state index in [1.54, 1.807) is 12.1 Å². The number of nitrogens with zero attached hydrogens (tertiary/aromatic N) is 3. The van der Waals surface area contributed by atoms with Crippen LogP contribution >= 0.6 is 0 Å². The molecule has 3 rings (SSSR count). The molecule has 6 nitrogen and oxygen atoms in total. The minimum Gasteiger partial charge on any atom is -0.490 e. The van der Waals surface area contributed by atoms with Crippen molar-refractivity contribution in [2.75, 3.05) is 31.6 Å². The molecule has 2 aliphatic heterocycles. The van der Waals surface area contributed by atoms with Gasteiger partial charge in [0.25, 0.3) is 0 Å². The number of hydrogen-bond donors (Lipinski definition) is 0. The first-order chi connectivity index (χ1) is 11.1. The highest BCUT2D eigenvalue weighted by atomic mass is 19.1. The number of piperidine rings is 1. The first-order valence-electron chi connectivity index (χ1n) is 8.07. The number of hydrogen-bond acceptors (Lipinski definition) is 5. The molecule has 0 amide bonds. The summed E-state index contributed by atoms with van der Waals surface area (Å²) in [6.07, 6.45) is 3.20. The van der Waals surface area contributed by atoms with Gasteiger partial charge in [0, 0.05) is 37.5 Å². The van der Waals surface area contributed by atoms with E-state index in [1.165, 1.54) is 13.2 Å².